The smallest absolute Gasteiger partial charge is 0.411 e. The topological polar surface area (TPSA) is 88.8 Å². The molecule has 1 heterocycles. The zero-order valence-corrected chi connectivity index (χ0v) is 10.2. The summed E-state index contributed by atoms with van der Waals surface area (Å²) in [5.74, 6) is -1.79. The lowest BCUT2D eigenvalue weighted by Gasteiger charge is -2.07. The highest BCUT2D eigenvalue weighted by Crippen LogP contribution is 2.14. The van der Waals surface area contributed by atoms with Crippen molar-refractivity contribution >= 4 is 11.9 Å². The van der Waals surface area contributed by atoms with Gasteiger partial charge in [-0.15, -0.1) is 0 Å². The molecule has 0 aliphatic rings. The number of aromatic carboxylic acids is 1. The van der Waals surface area contributed by atoms with Crippen LogP contribution in [0.3, 0.4) is 0 Å². The second kappa shape index (κ2) is 6.94. The van der Waals surface area contributed by atoms with E-state index < -0.39 is 24.7 Å². The summed E-state index contributed by atoms with van der Waals surface area (Å²) >= 11 is 0. The van der Waals surface area contributed by atoms with Crippen LogP contribution in [0.1, 0.15) is 22.7 Å². The van der Waals surface area contributed by atoms with Crippen LogP contribution in [0.5, 0.6) is 0 Å². The van der Waals surface area contributed by atoms with Crippen LogP contribution in [-0.2, 0) is 16.1 Å². The van der Waals surface area contributed by atoms with Gasteiger partial charge in [-0.2, -0.15) is 13.2 Å². The Hall–Kier alpha value is -2.03. The lowest BCUT2D eigenvalue weighted by atomic mass is 10.4. The fourth-order valence-electron chi connectivity index (χ4n) is 1.21. The largest absolute Gasteiger partial charge is 0.475 e. The van der Waals surface area contributed by atoms with Crippen LogP contribution in [0.25, 0.3) is 0 Å². The Balaban J connectivity index is 2.21. The number of ether oxygens (including phenoxy) is 1. The van der Waals surface area contributed by atoms with Gasteiger partial charge in [0.1, 0.15) is 12.4 Å². The first kappa shape index (κ1) is 16.0. The third-order valence-electron chi connectivity index (χ3n) is 2.07. The number of carbonyl (C=O) groups excluding carboxylic acids is 1. The maximum absolute atomic E-state index is 11.7. The molecule has 1 rings (SSSR count). The molecule has 0 spiro atoms. The van der Waals surface area contributed by atoms with Gasteiger partial charge in [0, 0.05) is 6.42 Å². The maximum atomic E-state index is 11.7. The van der Waals surface area contributed by atoms with E-state index in [1.165, 1.54) is 12.1 Å². The molecule has 1 aromatic heterocycles. The van der Waals surface area contributed by atoms with E-state index in [2.05, 4.69) is 10.1 Å². The minimum absolute atomic E-state index is 0.0502. The number of hydrogen-bond donors (Lipinski definition) is 2. The Kier molecular flexibility index (Phi) is 5.56. The van der Waals surface area contributed by atoms with Gasteiger partial charge in [0.15, 0.2) is 0 Å². The molecule has 0 radical (unpaired) electrons. The third-order valence-corrected chi connectivity index (χ3v) is 2.07. The molecule has 0 saturated heterocycles. The molecule has 1 aromatic rings. The lowest BCUT2D eigenvalue weighted by Crippen LogP contribution is -2.25. The Bertz CT molecular complexity index is 469. The van der Waals surface area contributed by atoms with E-state index in [0.29, 0.717) is 0 Å². The van der Waals surface area contributed by atoms with E-state index in [-0.39, 0.29) is 31.1 Å². The number of halogens is 3. The highest BCUT2D eigenvalue weighted by molar-refractivity contribution is 5.84. The SMILES string of the molecule is O=C(CCOCC(F)(F)F)NCc1ccc(C(=O)O)o1. The van der Waals surface area contributed by atoms with Gasteiger partial charge in [0.2, 0.25) is 11.7 Å². The molecule has 6 nitrogen and oxygen atoms in total. The summed E-state index contributed by atoms with van der Waals surface area (Å²) < 4.78 is 44.3. The Morgan fingerprint density at radius 1 is 1.35 bits per heavy atom. The Morgan fingerprint density at radius 3 is 2.60 bits per heavy atom. The first-order valence-electron chi connectivity index (χ1n) is 5.51. The number of furan rings is 1. The number of carbonyl (C=O) groups is 2. The molecule has 0 saturated carbocycles. The van der Waals surface area contributed by atoms with Crippen LogP contribution in [0.15, 0.2) is 16.5 Å². The molecule has 0 fully saturated rings. The third kappa shape index (κ3) is 6.23. The molecule has 112 valence electrons. The summed E-state index contributed by atoms with van der Waals surface area (Å²) in [4.78, 5) is 21.8. The van der Waals surface area contributed by atoms with E-state index in [1.807, 2.05) is 0 Å². The van der Waals surface area contributed by atoms with Crippen molar-refractivity contribution in [2.24, 2.45) is 0 Å². The van der Waals surface area contributed by atoms with Gasteiger partial charge < -0.3 is 19.6 Å². The number of carboxylic acids is 1. The molecule has 0 aliphatic carbocycles. The zero-order chi connectivity index (χ0) is 15.2. The van der Waals surface area contributed by atoms with Crippen molar-refractivity contribution in [2.45, 2.75) is 19.1 Å². The van der Waals surface area contributed by atoms with Gasteiger partial charge >= 0.3 is 12.1 Å². The van der Waals surface area contributed by atoms with Crippen molar-refractivity contribution in [3.05, 3.63) is 23.7 Å². The molecule has 0 aliphatic heterocycles. The minimum atomic E-state index is -4.42. The molecular weight excluding hydrogens is 283 g/mol. The lowest BCUT2D eigenvalue weighted by molar-refractivity contribution is -0.174. The summed E-state index contributed by atoms with van der Waals surface area (Å²) in [5.41, 5.74) is 0. The van der Waals surface area contributed by atoms with Crippen LogP contribution < -0.4 is 5.32 Å². The van der Waals surface area contributed by atoms with E-state index in [1.54, 1.807) is 0 Å². The van der Waals surface area contributed by atoms with Crippen LogP contribution in [0.4, 0.5) is 13.2 Å². The number of rotatable bonds is 7. The number of hydrogen-bond acceptors (Lipinski definition) is 4. The van der Waals surface area contributed by atoms with Gasteiger partial charge in [-0.3, -0.25) is 4.79 Å². The minimum Gasteiger partial charge on any atom is -0.475 e. The quantitative estimate of drug-likeness (QED) is 0.745. The van der Waals surface area contributed by atoms with E-state index in [4.69, 9.17) is 9.52 Å². The van der Waals surface area contributed by atoms with Gasteiger partial charge in [0.25, 0.3) is 0 Å². The van der Waals surface area contributed by atoms with Crippen LogP contribution >= 0.6 is 0 Å². The molecule has 1 amide bonds. The summed E-state index contributed by atoms with van der Waals surface area (Å²) in [6.45, 7) is -1.81. The molecule has 2 N–H and O–H groups in total. The Labute approximate surface area is 111 Å². The van der Waals surface area contributed by atoms with Crippen molar-refractivity contribution in [3.63, 3.8) is 0 Å². The summed E-state index contributed by atoms with van der Waals surface area (Å²) in [7, 11) is 0. The van der Waals surface area contributed by atoms with Gasteiger partial charge in [0.05, 0.1) is 13.2 Å². The molecule has 20 heavy (non-hydrogen) atoms. The molecule has 0 unspecified atom stereocenters. The molecule has 0 aromatic carbocycles. The summed E-state index contributed by atoms with van der Waals surface area (Å²) in [5, 5.41) is 11.0. The second-order valence-electron chi connectivity index (χ2n) is 3.77. The van der Waals surface area contributed by atoms with Crippen molar-refractivity contribution < 1.29 is 37.0 Å². The molecule has 9 heteroatoms. The standard InChI is InChI=1S/C11H12F3NO5/c12-11(13,14)6-19-4-3-9(16)15-5-7-1-2-8(20-7)10(17)18/h1-2H,3-6H2,(H,15,16)(H,17,18). The summed E-state index contributed by atoms with van der Waals surface area (Å²) in [6, 6.07) is 2.61. The number of nitrogens with one attached hydrogen (secondary N) is 1. The first-order chi connectivity index (χ1) is 9.28. The first-order valence-corrected chi connectivity index (χ1v) is 5.51. The average Bonchev–Trinajstić information content (AvgIpc) is 2.80. The summed E-state index contributed by atoms with van der Waals surface area (Å²) in [6.07, 6.45) is -4.65. The van der Waals surface area contributed by atoms with E-state index in [9.17, 15) is 22.8 Å². The molecule has 0 bridgehead atoms. The van der Waals surface area contributed by atoms with Crippen LogP contribution in [0, 0.1) is 0 Å². The van der Waals surface area contributed by atoms with Gasteiger partial charge in [-0.25, -0.2) is 4.79 Å². The second-order valence-corrected chi connectivity index (χ2v) is 3.77. The molecule has 0 atom stereocenters. The average molecular weight is 295 g/mol. The van der Waals surface area contributed by atoms with Crippen molar-refractivity contribution in [1.29, 1.82) is 0 Å². The predicted molar refractivity (Wildman–Crippen MR) is 59.0 cm³/mol. The van der Waals surface area contributed by atoms with Crippen molar-refractivity contribution in [2.75, 3.05) is 13.2 Å². The van der Waals surface area contributed by atoms with Gasteiger partial charge in [-0.05, 0) is 12.1 Å². The van der Waals surface area contributed by atoms with Gasteiger partial charge in [-0.1, -0.05) is 0 Å². The predicted octanol–water partition coefficient (Wildman–Crippen LogP) is 1.56. The fourth-order valence-corrected chi connectivity index (χ4v) is 1.21. The van der Waals surface area contributed by atoms with Crippen LogP contribution in [0.2, 0.25) is 0 Å². The fraction of sp³-hybridized carbons (Fsp3) is 0.455. The zero-order valence-electron chi connectivity index (χ0n) is 10.2. The normalized spacial score (nSPS) is 11.3. The Morgan fingerprint density at radius 2 is 2.05 bits per heavy atom. The van der Waals surface area contributed by atoms with Crippen molar-refractivity contribution in [1.82, 2.24) is 5.32 Å². The van der Waals surface area contributed by atoms with E-state index in [0.717, 1.165) is 0 Å². The number of carboxylic acid groups (broad SMARTS) is 1. The number of amides is 1. The highest BCUT2D eigenvalue weighted by atomic mass is 19.4. The van der Waals surface area contributed by atoms with Crippen LogP contribution in [-0.4, -0.2) is 36.4 Å². The maximum Gasteiger partial charge on any atom is 0.411 e. The van der Waals surface area contributed by atoms with E-state index >= 15 is 0 Å². The number of alkyl halides is 3. The highest BCUT2D eigenvalue weighted by Gasteiger charge is 2.27. The van der Waals surface area contributed by atoms with Crippen molar-refractivity contribution in [3.8, 4) is 0 Å². The monoisotopic (exact) mass is 295 g/mol. The molecular formula is C11H12F3NO5.